The molecule has 0 unspecified atom stereocenters. The number of alkyl halides is 2. The highest BCUT2D eigenvalue weighted by Gasteiger charge is 2.27. The predicted molar refractivity (Wildman–Crippen MR) is 84.5 cm³/mol. The van der Waals surface area contributed by atoms with E-state index >= 15 is 0 Å². The number of rotatable bonds is 7. The lowest BCUT2D eigenvalue weighted by atomic mass is 10.0. The van der Waals surface area contributed by atoms with E-state index in [1.165, 1.54) is 11.0 Å². The number of hydrogen-bond acceptors (Lipinski definition) is 4. The molecule has 0 aromatic heterocycles. The maximum absolute atomic E-state index is 12.1. The Morgan fingerprint density at radius 2 is 2.18 bits per heavy atom. The second kappa shape index (κ2) is 9.64. The van der Waals surface area contributed by atoms with Gasteiger partial charge in [0.2, 0.25) is 0 Å². The number of Topliss-reactive ketones (excluding diaryl/α,β-unsaturated/α-hetero) is 1. The minimum absolute atomic E-state index is 0.0945. The standard InChI is InChI=1S/C15H19Cl2NO4/c1-2-22-13(20)9-5-6-10-18(15(21)14(16)17)11-7-3-4-8-12(11)19/h5,7,9,14H,2-4,6,8,10H2,1H3/b9-5+. The number of carbonyl (C=O) groups is 3. The van der Waals surface area contributed by atoms with Crippen molar-refractivity contribution in [3.8, 4) is 0 Å². The van der Waals surface area contributed by atoms with Crippen LogP contribution in [0.3, 0.4) is 0 Å². The van der Waals surface area contributed by atoms with Crippen molar-refractivity contribution in [1.29, 1.82) is 0 Å². The monoisotopic (exact) mass is 347 g/mol. The van der Waals surface area contributed by atoms with Crippen LogP contribution in [0.15, 0.2) is 23.9 Å². The number of hydrogen-bond donors (Lipinski definition) is 0. The first-order chi connectivity index (χ1) is 10.5. The summed E-state index contributed by atoms with van der Waals surface area (Å²) in [5.41, 5.74) is 0.340. The van der Waals surface area contributed by atoms with Crippen LogP contribution in [0.2, 0.25) is 0 Å². The van der Waals surface area contributed by atoms with Gasteiger partial charge in [-0.1, -0.05) is 35.4 Å². The van der Waals surface area contributed by atoms with Crippen molar-refractivity contribution in [3.05, 3.63) is 23.9 Å². The molecule has 5 nitrogen and oxygen atoms in total. The zero-order chi connectivity index (χ0) is 16.5. The number of carbonyl (C=O) groups excluding carboxylic acids is 3. The normalized spacial score (nSPS) is 15.1. The highest BCUT2D eigenvalue weighted by Crippen LogP contribution is 2.21. The molecule has 0 saturated heterocycles. The third-order valence-electron chi connectivity index (χ3n) is 3.03. The van der Waals surface area contributed by atoms with E-state index in [2.05, 4.69) is 0 Å². The zero-order valence-corrected chi connectivity index (χ0v) is 13.9. The predicted octanol–water partition coefficient (Wildman–Crippen LogP) is 2.77. The summed E-state index contributed by atoms with van der Waals surface area (Å²) in [7, 11) is 0. The number of nitrogens with zero attached hydrogens (tertiary/aromatic N) is 1. The fraction of sp³-hybridized carbons (Fsp3) is 0.533. The van der Waals surface area contributed by atoms with E-state index in [-0.39, 0.29) is 12.3 Å². The van der Waals surface area contributed by atoms with Crippen LogP contribution in [-0.2, 0) is 19.1 Å². The van der Waals surface area contributed by atoms with Crippen molar-refractivity contribution in [2.24, 2.45) is 0 Å². The average Bonchev–Trinajstić information content (AvgIpc) is 2.48. The Morgan fingerprint density at radius 3 is 2.77 bits per heavy atom. The Hall–Kier alpha value is -1.33. The molecular weight excluding hydrogens is 329 g/mol. The van der Waals surface area contributed by atoms with Gasteiger partial charge in [0.25, 0.3) is 5.91 Å². The van der Waals surface area contributed by atoms with Gasteiger partial charge in [0.15, 0.2) is 10.6 Å². The van der Waals surface area contributed by atoms with Crippen molar-refractivity contribution in [2.75, 3.05) is 13.2 Å². The lowest BCUT2D eigenvalue weighted by Gasteiger charge is -2.26. The Bertz CT molecular complexity index is 486. The van der Waals surface area contributed by atoms with Gasteiger partial charge in [-0.15, -0.1) is 0 Å². The largest absolute Gasteiger partial charge is 0.463 e. The van der Waals surface area contributed by atoms with Gasteiger partial charge in [0, 0.05) is 19.0 Å². The molecule has 7 heteroatoms. The molecular formula is C15H19Cl2NO4. The Morgan fingerprint density at radius 1 is 1.45 bits per heavy atom. The molecule has 1 aliphatic carbocycles. The molecule has 0 radical (unpaired) electrons. The Balaban J connectivity index is 2.71. The number of ether oxygens (including phenoxy) is 1. The van der Waals surface area contributed by atoms with Crippen LogP contribution in [0.25, 0.3) is 0 Å². The van der Waals surface area contributed by atoms with E-state index < -0.39 is 16.7 Å². The van der Waals surface area contributed by atoms with E-state index in [4.69, 9.17) is 27.9 Å². The van der Waals surface area contributed by atoms with Crippen molar-refractivity contribution in [2.45, 2.75) is 37.4 Å². The molecule has 22 heavy (non-hydrogen) atoms. The molecule has 122 valence electrons. The average molecular weight is 348 g/mol. The molecule has 0 aromatic carbocycles. The van der Waals surface area contributed by atoms with Crippen molar-refractivity contribution >= 4 is 40.9 Å². The molecule has 1 rings (SSSR count). The third kappa shape index (κ3) is 5.81. The van der Waals surface area contributed by atoms with Gasteiger partial charge in [0.05, 0.1) is 12.3 Å². The highest BCUT2D eigenvalue weighted by molar-refractivity contribution is 6.53. The number of amides is 1. The first kappa shape index (κ1) is 18.7. The van der Waals surface area contributed by atoms with Crippen LogP contribution in [0, 0.1) is 0 Å². The second-order valence-corrected chi connectivity index (χ2v) is 5.73. The molecule has 0 bridgehead atoms. The fourth-order valence-corrected chi connectivity index (χ4v) is 2.28. The van der Waals surface area contributed by atoms with Crippen LogP contribution in [0.4, 0.5) is 0 Å². The summed E-state index contributed by atoms with van der Waals surface area (Å²) in [6, 6.07) is 0. The van der Waals surface area contributed by atoms with Crippen molar-refractivity contribution in [1.82, 2.24) is 4.90 Å². The topological polar surface area (TPSA) is 63.7 Å². The van der Waals surface area contributed by atoms with E-state index in [1.54, 1.807) is 19.1 Å². The lowest BCUT2D eigenvalue weighted by molar-refractivity contribution is -0.137. The summed E-state index contributed by atoms with van der Waals surface area (Å²) in [5, 5.41) is 0. The van der Waals surface area contributed by atoms with Gasteiger partial charge in [-0.2, -0.15) is 0 Å². The first-order valence-corrected chi connectivity index (χ1v) is 8.00. The molecule has 1 amide bonds. The van der Waals surface area contributed by atoms with Gasteiger partial charge in [-0.3, -0.25) is 9.59 Å². The highest BCUT2D eigenvalue weighted by atomic mass is 35.5. The molecule has 0 aromatic rings. The molecule has 0 heterocycles. The van der Waals surface area contributed by atoms with E-state index in [0.29, 0.717) is 25.1 Å². The summed E-state index contributed by atoms with van der Waals surface area (Å²) in [6.45, 7) is 2.24. The van der Waals surface area contributed by atoms with Crippen LogP contribution >= 0.6 is 23.2 Å². The lowest BCUT2D eigenvalue weighted by Crippen LogP contribution is -2.38. The van der Waals surface area contributed by atoms with Gasteiger partial charge in [0.1, 0.15) is 0 Å². The maximum Gasteiger partial charge on any atom is 0.330 e. The SMILES string of the molecule is CCOC(=O)/C=C/CCN(C(=O)C(Cl)Cl)C1=CCCCC1=O. The first-order valence-electron chi connectivity index (χ1n) is 7.13. The summed E-state index contributed by atoms with van der Waals surface area (Å²) >= 11 is 11.3. The van der Waals surface area contributed by atoms with Gasteiger partial charge in [-0.05, 0) is 26.2 Å². The molecule has 0 fully saturated rings. The van der Waals surface area contributed by atoms with Gasteiger partial charge < -0.3 is 9.64 Å². The van der Waals surface area contributed by atoms with Gasteiger partial charge >= 0.3 is 5.97 Å². The van der Waals surface area contributed by atoms with Crippen LogP contribution in [0.1, 0.15) is 32.6 Å². The molecule has 0 aliphatic heterocycles. The number of ketones is 1. The molecule has 0 atom stereocenters. The smallest absolute Gasteiger partial charge is 0.330 e. The molecule has 0 N–H and O–H groups in total. The van der Waals surface area contributed by atoms with Gasteiger partial charge in [-0.25, -0.2) is 4.79 Å². The summed E-state index contributed by atoms with van der Waals surface area (Å²) < 4.78 is 4.75. The van der Waals surface area contributed by atoms with E-state index in [9.17, 15) is 14.4 Å². The van der Waals surface area contributed by atoms with Crippen molar-refractivity contribution in [3.63, 3.8) is 0 Å². The minimum Gasteiger partial charge on any atom is -0.463 e. The van der Waals surface area contributed by atoms with Crippen LogP contribution in [-0.4, -0.2) is 40.5 Å². The zero-order valence-electron chi connectivity index (χ0n) is 12.4. The van der Waals surface area contributed by atoms with E-state index in [1.807, 2.05) is 0 Å². The van der Waals surface area contributed by atoms with Crippen molar-refractivity contribution < 1.29 is 19.1 Å². The summed E-state index contributed by atoms with van der Waals surface area (Å²) in [5.74, 6) is -1.07. The number of halogens is 2. The van der Waals surface area contributed by atoms with Crippen LogP contribution in [0.5, 0.6) is 0 Å². The quantitative estimate of drug-likeness (QED) is 0.403. The molecule has 1 aliphatic rings. The maximum atomic E-state index is 12.1. The molecule has 0 spiro atoms. The summed E-state index contributed by atoms with van der Waals surface area (Å²) in [4.78, 5) is 35.3. The Kier molecular flexibility index (Phi) is 8.20. The third-order valence-corrected chi connectivity index (χ3v) is 3.41. The number of allylic oxidation sites excluding steroid dienone is 2. The second-order valence-electron chi connectivity index (χ2n) is 4.64. The fourth-order valence-electron chi connectivity index (χ4n) is 2.04. The summed E-state index contributed by atoms with van der Waals surface area (Å²) in [6.07, 6.45) is 6.91. The molecule has 0 saturated carbocycles. The number of esters is 1. The minimum atomic E-state index is -1.23. The van der Waals surface area contributed by atoms with Crippen LogP contribution < -0.4 is 0 Å². The Labute approximate surface area is 139 Å². The van der Waals surface area contributed by atoms with E-state index in [0.717, 1.165) is 12.8 Å².